The third kappa shape index (κ3) is 3.89. The summed E-state index contributed by atoms with van der Waals surface area (Å²) in [5, 5.41) is 2.21. The van der Waals surface area contributed by atoms with E-state index < -0.39 is 32.9 Å². The van der Waals surface area contributed by atoms with E-state index in [-0.39, 0.29) is 15.8 Å². The molecule has 1 heterocycles. The average Bonchev–Trinajstić information content (AvgIpc) is 3.01. The number of carbonyl (C=O) groups excluding carboxylic acids is 1. The summed E-state index contributed by atoms with van der Waals surface area (Å²) in [6.07, 6.45) is 0. The highest BCUT2D eigenvalue weighted by Crippen LogP contribution is 2.28. The Balaban J connectivity index is 2.20. The predicted octanol–water partition coefficient (Wildman–Crippen LogP) is 3.12. The van der Waals surface area contributed by atoms with Crippen LogP contribution in [0.1, 0.15) is 29.1 Å². The van der Waals surface area contributed by atoms with E-state index in [4.69, 9.17) is 27.6 Å². The van der Waals surface area contributed by atoms with E-state index in [0.717, 1.165) is 12.1 Å². The number of benzene rings is 1. The summed E-state index contributed by atoms with van der Waals surface area (Å²) in [7, 11) is -2.57. The van der Waals surface area contributed by atoms with Gasteiger partial charge in [0.25, 0.3) is 15.9 Å². The predicted molar refractivity (Wildman–Crippen MR) is 87.3 cm³/mol. The first-order chi connectivity index (χ1) is 11.2. The Morgan fingerprint density at radius 2 is 1.92 bits per heavy atom. The van der Waals surface area contributed by atoms with E-state index >= 15 is 0 Å². The number of sulfonamides is 1. The van der Waals surface area contributed by atoms with Crippen molar-refractivity contribution < 1.29 is 22.0 Å². The number of furan rings is 1. The minimum atomic E-state index is -3.79. The summed E-state index contributed by atoms with van der Waals surface area (Å²) in [6, 6.07) is 4.07. The minimum absolute atomic E-state index is 0.129. The van der Waals surface area contributed by atoms with Crippen LogP contribution in [-0.4, -0.2) is 21.4 Å². The summed E-state index contributed by atoms with van der Waals surface area (Å²) in [5.74, 6) is -1.55. The van der Waals surface area contributed by atoms with Crippen molar-refractivity contribution in [3.63, 3.8) is 0 Å². The van der Waals surface area contributed by atoms with Gasteiger partial charge in [-0.15, -0.1) is 0 Å². The Kier molecular flexibility index (Phi) is 5.54. The van der Waals surface area contributed by atoms with Gasteiger partial charge in [0.1, 0.15) is 5.82 Å². The molecular formula is C14H13Cl2FN2O4S. The first-order valence-corrected chi connectivity index (χ1v) is 8.88. The molecule has 0 aliphatic heterocycles. The lowest BCUT2D eigenvalue weighted by atomic mass is 10.1. The molecule has 130 valence electrons. The van der Waals surface area contributed by atoms with Crippen LogP contribution < -0.4 is 10.0 Å². The lowest BCUT2D eigenvalue weighted by Crippen LogP contribution is -2.26. The van der Waals surface area contributed by atoms with E-state index in [9.17, 15) is 17.6 Å². The van der Waals surface area contributed by atoms with Crippen molar-refractivity contribution in [2.24, 2.45) is 0 Å². The zero-order valence-corrected chi connectivity index (χ0v) is 14.9. The van der Waals surface area contributed by atoms with Crippen LogP contribution in [0.5, 0.6) is 0 Å². The number of carbonyl (C=O) groups is 1. The van der Waals surface area contributed by atoms with Crippen molar-refractivity contribution in [1.29, 1.82) is 0 Å². The molecule has 2 aromatic rings. The minimum Gasteiger partial charge on any atom is -0.438 e. The SMILES string of the molecule is CNS(=O)(=O)c1ccc(C(=O)N[C@@H](C)c2cc(F)c(Cl)cc2Cl)o1. The Labute approximate surface area is 148 Å². The van der Waals surface area contributed by atoms with Gasteiger partial charge < -0.3 is 9.73 Å². The van der Waals surface area contributed by atoms with Gasteiger partial charge in [-0.1, -0.05) is 23.2 Å². The van der Waals surface area contributed by atoms with Crippen molar-refractivity contribution in [1.82, 2.24) is 10.0 Å². The highest BCUT2D eigenvalue weighted by molar-refractivity contribution is 7.89. The molecule has 0 unspecified atom stereocenters. The normalized spacial score (nSPS) is 12.9. The topological polar surface area (TPSA) is 88.4 Å². The van der Waals surface area contributed by atoms with Gasteiger partial charge in [0.2, 0.25) is 5.09 Å². The molecule has 0 fully saturated rings. The van der Waals surface area contributed by atoms with Gasteiger partial charge in [0.15, 0.2) is 5.76 Å². The third-order valence-electron chi connectivity index (χ3n) is 3.19. The Hall–Kier alpha value is -1.61. The zero-order valence-electron chi connectivity index (χ0n) is 12.6. The zero-order chi connectivity index (χ0) is 18.1. The van der Waals surface area contributed by atoms with Crippen molar-refractivity contribution in [2.75, 3.05) is 7.05 Å². The molecule has 0 aliphatic rings. The van der Waals surface area contributed by atoms with Gasteiger partial charge in [0, 0.05) is 5.02 Å². The van der Waals surface area contributed by atoms with Crippen LogP contribution in [0.3, 0.4) is 0 Å². The molecule has 1 aromatic heterocycles. The molecule has 0 aliphatic carbocycles. The molecule has 24 heavy (non-hydrogen) atoms. The van der Waals surface area contributed by atoms with E-state index in [2.05, 4.69) is 10.0 Å². The number of nitrogens with one attached hydrogen (secondary N) is 2. The van der Waals surface area contributed by atoms with E-state index in [1.807, 2.05) is 0 Å². The second-order valence-corrected chi connectivity index (χ2v) is 7.44. The van der Waals surface area contributed by atoms with Crippen LogP contribution >= 0.6 is 23.2 Å². The number of hydrogen-bond acceptors (Lipinski definition) is 4. The highest BCUT2D eigenvalue weighted by atomic mass is 35.5. The molecule has 2 N–H and O–H groups in total. The number of rotatable bonds is 5. The largest absolute Gasteiger partial charge is 0.438 e. The Morgan fingerprint density at radius 3 is 2.54 bits per heavy atom. The average molecular weight is 395 g/mol. The van der Waals surface area contributed by atoms with Crippen molar-refractivity contribution in [3.8, 4) is 0 Å². The van der Waals surface area contributed by atoms with Crippen LogP contribution in [-0.2, 0) is 10.0 Å². The van der Waals surface area contributed by atoms with Crippen molar-refractivity contribution >= 4 is 39.1 Å². The summed E-state index contributed by atoms with van der Waals surface area (Å²) < 4.78 is 43.8. The van der Waals surface area contributed by atoms with E-state index in [0.29, 0.717) is 5.56 Å². The maximum absolute atomic E-state index is 13.6. The summed E-state index contributed by atoms with van der Waals surface area (Å²) >= 11 is 11.6. The van der Waals surface area contributed by atoms with Crippen LogP contribution in [0, 0.1) is 5.82 Å². The third-order valence-corrected chi connectivity index (χ3v) is 5.10. The molecule has 6 nitrogen and oxygen atoms in total. The molecule has 1 amide bonds. The molecule has 0 radical (unpaired) electrons. The Morgan fingerprint density at radius 1 is 1.25 bits per heavy atom. The van der Waals surface area contributed by atoms with Crippen LogP contribution in [0.4, 0.5) is 4.39 Å². The van der Waals surface area contributed by atoms with Crippen molar-refractivity contribution in [2.45, 2.75) is 18.1 Å². The van der Waals surface area contributed by atoms with Gasteiger partial charge >= 0.3 is 0 Å². The molecular weight excluding hydrogens is 382 g/mol. The summed E-state index contributed by atoms with van der Waals surface area (Å²) in [6.45, 7) is 1.58. The van der Waals surface area contributed by atoms with Gasteiger partial charge in [-0.05, 0) is 43.8 Å². The number of halogens is 3. The van der Waals surface area contributed by atoms with Crippen LogP contribution in [0.15, 0.2) is 33.8 Å². The lowest BCUT2D eigenvalue weighted by Gasteiger charge is -2.15. The van der Waals surface area contributed by atoms with E-state index in [1.54, 1.807) is 6.92 Å². The first-order valence-electron chi connectivity index (χ1n) is 6.64. The molecule has 2 rings (SSSR count). The first kappa shape index (κ1) is 18.7. The molecule has 1 atom stereocenters. The van der Waals surface area contributed by atoms with E-state index in [1.165, 1.54) is 19.2 Å². The lowest BCUT2D eigenvalue weighted by molar-refractivity contribution is 0.0906. The van der Waals surface area contributed by atoms with Gasteiger partial charge in [-0.3, -0.25) is 4.79 Å². The molecule has 0 bridgehead atoms. The molecule has 0 saturated heterocycles. The second kappa shape index (κ2) is 7.10. The quantitative estimate of drug-likeness (QED) is 0.762. The summed E-state index contributed by atoms with van der Waals surface area (Å²) in [5.41, 5.74) is 0.321. The fourth-order valence-electron chi connectivity index (χ4n) is 1.90. The maximum atomic E-state index is 13.6. The second-order valence-electron chi connectivity index (χ2n) is 4.81. The summed E-state index contributed by atoms with van der Waals surface area (Å²) in [4.78, 5) is 12.1. The van der Waals surface area contributed by atoms with Gasteiger partial charge in [-0.25, -0.2) is 17.5 Å². The van der Waals surface area contributed by atoms with Gasteiger partial charge in [0.05, 0.1) is 11.1 Å². The fraction of sp³-hybridized carbons (Fsp3) is 0.214. The molecule has 0 saturated carbocycles. The number of hydrogen-bond donors (Lipinski definition) is 2. The van der Waals surface area contributed by atoms with Crippen LogP contribution in [0.25, 0.3) is 0 Å². The fourth-order valence-corrected chi connectivity index (χ4v) is 3.10. The standard InChI is InChI=1S/C14H13Cl2FN2O4S/c1-7(8-5-11(17)10(16)6-9(8)15)19-14(20)12-3-4-13(23-12)24(21,22)18-2/h3-7,18H,1-2H3,(H,19,20)/t7-/m0/s1. The number of amides is 1. The molecule has 0 spiro atoms. The Bertz CT molecular complexity index is 883. The van der Waals surface area contributed by atoms with Crippen LogP contribution in [0.2, 0.25) is 10.0 Å². The highest BCUT2D eigenvalue weighted by Gasteiger charge is 2.22. The molecule has 1 aromatic carbocycles. The maximum Gasteiger partial charge on any atom is 0.287 e. The van der Waals surface area contributed by atoms with Gasteiger partial charge in [-0.2, -0.15) is 0 Å². The van der Waals surface area contributed by atoms with Crippen molar-refractivity contribution in [3.05, 3.63) is 51.5 Å². The smallest absolute Gasteiger partial charge is 0.287 e. The molecule has 10 heteroatoms. The monoisotopic (exact) mass is 394 g/mol.